The van der Waals surface area contributed by atoms with Crippen LogP contribution in [0.25, 0.3) is 0 Å². The number of nitrogens with one attached hydrogen (secondary N) is 1. The molecule has 1 aliphatic rings. The lowest BCUT2D eigenvalue weighted by Crippen LogP contribution is -2.29. The summed E-state index contributed by atoms with van der Waals surface area (Å²) in [5, 5.41) is 22.2. The number of pyridine rings is 1. The molecule has 1 aromatic heterocycles. The first-order chi connectivity index (χ1) is 9.47. The number of nitro groups is 1. The van der Waals surface area contributed by atoms with Crippen LogP contribution in [0, 0.1) is 21.8 Å². The van der Waals surface area contributed by atoms with Gasteiger partial charge in [-0.1, -0.05) is 0 Å². The SMILES string of the molecule is O=C(O)C1CCC(Nc2ncc([N+](=O)[O-])cc2F)CC1. The Morgan fingerprint density at radius 3 is 2.60 bits per heavy atom. The largest absolute Gasteiger partial charge is 0.481 e. The number of anilines is 1. The summed E-state index contributed by atoms with van der Waals surface area (Å²) in [5.41, 5.74) is -0.400. The zero-order chi connectivity index (χ0) is 14.7. The van der Waals surface area contributed by atoms with E-state index in [0.29, 0.717) is 25.7 Å². The highest BCUT2D eigenvalue weighted by molar-refractivity contribution is 5.70. The molecule has 7 nitrogen and oxygen atoms in total. The molecule has 8 heteroatoms. The van der Waals surface area contributed by atoms with E-state index in [4.69, 9.17) is 5.11 Å². The Bertz CT molecular complexity index is 529. The number of hydrogen-bond donors (Lipinski definition) is 2. The molecule has 0 aliphatic heterocycles. The highest BCUT2D eigenvalue weighted by Crippen LogP contribution is 2.27. The summed E-state index contributed by atoms with van der Waals surface area (Å²) in [6, 6.07) is 0.757. The van der Waals surface area contributed by atoms with Crippen molar-refractivity contribution < 1.29 is 19.2 Å². The molecule has 0 saturated heterocycles. The molecule has 0 spiro atoms. The predicted molar refractivity (Wildman–Crippen MR) is 67.9 cm³/mol. The van der Waals surface area contributed by atoms with Crippen LogP contribution in [0.4, 0.5) is 15.9 Å². The van der Waals surface area contributed by atoms with E-state index in [1.807, 2.05) is 0 Å². The standard InChI is InChI=1S/C12H14FN3O4/c13-10-5-9(16(19)20)6-14-11(10)15-8-3-1-7(2-4-8)12(17)18/h5-8H,1-4H2,(H,14,15)(H,17,18). The summed E-state index contributed by atoms with van der Waals surface area (Å²) in [7, 11) is 0. The van der Waals surface area contributed by atoms with Gasteiger partial charge < -0.3 is 10.4 Å². The third-order valence-electron chi connectivity index (χ3n) is 3.45. The summed E-state index contributed by atoms with van der Waals surface area (Å²) in [5.74, 6) is -1.96. The van der Waals surface area contributed by atoms with Crippen molar-refractivity contribution in [3.63, 3.8) is 0 Å². The van der Waals surface area contributed by atoms with Crippen molar-refractivity contribution in [2.24, 2.45) is 5.92 Å². The van der Waals surface area contributed by atoms with Gasteiger partial charge in [-0.25, -0.2) is 9.37 Å². The Balaban J connectivity index is 1.98. The van der Waals surface area contributed by atoms with Crippen molar-refractivity contribution >= 4 is 17.5 Å². The van der Waals surface area contributed by atoms with Gasteiger partial charge in [-0.05, 0) is 25.7 Å². The molecule has 2 rings (SSSR count). The molecule has 0 radical (unpaired) electrons. The molecule has 2 N–H and O–H groups in total. The average molecular weight is 283 g/mol. The topological polar surface area (TPSA) is 105 Å². The monoisotopic (exact) mass is 283 g/mol. The number of carboxylic acid groups (broad SMARTS) is 1. The lowest BCUT2D eigenvalue weighted by molar-refractivity contribution is -0.385. The maximum Gasteiger partial charge on any atom is 0.306 e. The molecule has 1 fully saturated rings. The number of nitrogens with zero attached hydrogens (tertiary/aromatic N) is 2. The van der Waals surface area contributed by atoms with Gasteiger partial charge in [-0.15, -0.1) is 0 Å². The summed E-state index contributed by atoms with van der Waals surface area (Å²) < 4.78 is 13.6. The van der Waals surface area contributed by atoms with E-state index in [1.165, 1.54) is 0 Å². The van der Waals surface area contributed by atoms with Crippen LogP contribution in [0.3, 0.4) is 0 Å². The van der Waals surface area contributed by atoms with Gasteiger partial charge in [-0.2, -0.15) is 0 Å². The van der Waals surface area contributed by atoms with E-state index in [0.717, 1.165) is 12.3 Å². The second kappa shape index (κ2) is 5.81. The summed E-state index contributed by atoms with van der Waals surface area (Å²) in [6.45, 7) is 0. The molecule has 0 aromatic carbocycles. The van der Waals surface area contributed by atoms with Crippen molar-refractivity contribution in [3.05, 3.63) is 28.2 Å². The maximum absolute atomic E-state index is 13.6. The molecule has 1 aliphatic carbocycles. The van der Waals surface area contributed by atoms with Crippen molar-refractivity contribution in [2.45, 2.75) is 31.7 Å². The van der Waals surface area contributed by atoms with E-state index in [9.17, 15) is 19.3 Å². The first kappa shape index (κ1) is 14.2. The quantitative estimate of drug-likeness (QED) is 0.648. The number of rotatable bonds is 4. The number of halogens is 1. The van der Waals surface area contributed by atoms with Crippen LogP contribution in [0.15, 0.2) is 12.3 Å². The average Bonchev–Trinajstić information content (AvgIpc) is 2.41. The van der Waals surface area contributed by atoms with E-state index < -0.39 is 22.4 Å². The van der Waals surface area contributed by atoms with Crippen LogP contribution in [-0.2, 0) is 4.79 Å². The number of hydrogen-bond acceptors (Lipinski definition) is 5. The van der Waals surface area contributed by atoms with Crippen molar-refractivity contribution in [3.8, 4) is 0 Å². The zero-order valence-corrected chi connectivity index (χ0v) is 10.6. The Morgan fingerprint density at radius 2 is 2.10 bits per heavy atom. The van der Waals surface area contributed by atoms with Gasteiger partial charge in [0.25, 0.3) is 5.69 Å². The minimum atomic E-state index is -0.803. The minimum absolute atomic E-state index is 0.0330. The number of aliphatic carboxylic acids is 1. The van der Waals surface area contributed by atoms with Gasteiger partial charge in [0.05, 0.1) is 16.9 Å². The molecular weight excluding hydrogens is 269 g/mol. The van der Waals surface area contributed by atoms with Crippen LogP contribution in [0.2, 0.25) is 0 Å². The fourth-order valence-electron chi connectivity index (χ4n) is 2.31. The van der Waals surface area contributed by atoms with Crippen LogP contribution >= 0.6 is 0 Å². The van der Waals surface area contributed by atoms with E-state index >= 15 is 0 Å². The molecule has 1 aromatic rings. The summed E-state index contributed by atoms with van der Waals surface area (Å²) in [6.07, 6.45) is 3.27. The van der Waals surface area contributed by atoms with Gasteiger partial charge in [0.1, 0.15) is 6.20 Å². The molecule has 0 atom stereocenters. The Morgan fingerprint density at radius 1 is 1.45 bits per heavy atom. The molecule has 1 saturated carbocycles. The van der Waals surface area contributed by atoms with Crippen molar-refractivity contribution in [1.29, 1.82) is 0 Å². The molecule has 0 unspecified atom stereocenters. The van der Waals surface area contributed by atoms with Gasteiger partial charge >= 0.3 is 5.97 Å². The molecule has 108 valence electrons. The predicted octanol–water partition coefficient (Wildman–Crippen LogP) is 2.18. The fraction of sp³-hybridized carbons (Fsp3) is 0.500. The highest BCUT2D eigenvalue weighted by Gasteiger charge is 2.26. The summed E-state index contributed by atoms with van der Waals surface area (Å²) in [4.78, 5) is 24.3. The lowest BCUT2D eigenvalue weighted by atomic mass is 9.86. The van der Waals surface area contributed by atoms with Crippen LogP contribution in [-0.4, -0.2) is 27.0 Å². The maximum atomic E-state index is 13.6. The minimum Gasteiger partial charge on any atom is -0.481 e. The van der Waals surface area contributed by atoms with Gasteiger partial charge in [0, 0.05) is 6.04 Å². The van der Waals surface area contributed by atoms with E-state index in [-0.39, 0.29) is 17.8 Å². The van der Waals surface area contributed by atoms with Crippen LogP contribution in [0.5, 0.6) is 0 Å². The molecular formula is C12H14FN3O4. The third-order valence-corrected chi connectivity index (χ3v) is 3.45. The van der Waals surface area contributed by atoms with Crippen molar-refractivity contribution in [2.75, 3.05) is 5.32 Å². The normalized spacial score (nSPS) is 22.2. The number of aromatic nitrogens is 1. The van der Waals surface area contributed by atoms with E-state index in [1.54, 1.807) is 0 Å². The van der Waals surface area contributed by atoms with E-state index in [2.05, 4.69) is 10.3 Å². The second-order valence-corrected chi connectivity index (χ2v) is 4.81. The van der Waals surface area contributed by atoms with Gasteiger partial charge in [0.2, 0.25) is 0 Å². The van der Waals surface area contributed by atoms with Crippen LogP contribution in [0.1, 0.15) is 25.7 Å². The summed E-state index contributed by atoms with van der Waals surface area (Å²) >= 11 is 0. The number of carboxylic acids is 1. The first-order valence-corrected chi connectivity index (χ1v) is 6.26. The molecule has 0 bridgehead atoms. The molecule has 0 amide bonds. The highest BCUT2D eigenvalue weighted by atomic mass is 19.1. The molecule has 20 heavy (non-hydrogen) atoms. The second-order valence-electron chi connectivity index (χ2n) is 4.81. The smallest absolute Gasteiger partial charge is 0.306 e. The Hall–Kier alpha value is -2.25. The number of carbonyl (C=O) groups is 1. The lowest BCUT2D eigenvalue weighted by Gasteiger charge is -2.27. The molecule has 1 heterocycles. The fourth-order valence-corrected chi connectivity index (χ4v) is 2.31. The van der Waals surface area contributed by atoms with Crippen LogP contribution < -0.4 is 5.32 Å². The van der Waals surface area contributed by atoms with Gasteiger partial charge in [-0.3, -0.25) is 14.9 Å². The zero-order valence-electron chi connectivity index (χ0n) is 10.6. The third kappa shape index (κ3) is 3.19. The Kier molecular flexibility index (Phi) is 4.11. The first-order valence-electron chi connectivity index (χ1n) is 6.26. The van der Waals surface area contributed by atoms with Gasteiger partial charge in [0.15, 0.2) is 11.6 Å². The van der Waals surface area contributed by atoms with Crippen molar-refractivity contribution in [1.82, 2.24) is 4.98 Å². The Labute approximate surface area is 114 Å².